The first-order valence-corrected chi connectivity index (χ1v) is 16.4. The van der Waals surface area contributed by atoms with Crippen molar-refractivity contribution in [1.29, 1.82) is 5.41 Å². The van der Waals surface area contributed by atoms with Crippen molar-refractivity contribution in [3.8, 4) is 11.1 Å². The number of carbonyl (C=O) groups is 2. The second-order valence-corrected chi connectivity index (χ2v) is 12.8. The molecule has 258 valence electrons. The Labute approximate surface area is 281 Å². The van der Waals surface area contributed by atoms with Crippen LogP contribution in [0.5, 0.6) is 0 Å². The van der Waals surface area contributed by atoms with E-state index in [2.05, 4.69) is 20.5 Å². The van der Waals surface area contributed by atoms with Crippen LogP contribution in [0, 0.1) is 5.41 Å². The fourth-order valence-electron chi connectivity index (χ4n) is 5.01. The Morgan fingerprint density at radius 1 is 1.12 bits per heavy atom. The average molecular weight is 687 g/mol. The van der Waals surface area contributed by atoms with E-state index < -0.39 is 23.2 Å². The Bertz CT molecular complexity index is 1770. The molecular formula is C33H41F3N8O3S. The third-order valence-electron chi connectivity index (χ3n) is 7.93. The molecule has 3 N–H and O–H groups in total. The van der Waals surface area contributed by atoms with Gasteiger partial charge in [-0.15, -0.1) is 0 Å². The van der Waals surface area contributed by atoms with E-state index in [4.69, 9.17) is 5.41 Å². The average Bonchev–Trinajstić information content (AvgIpc) is 3.05. The first-order chi connectivity index (χ1) is 22.7. The number of pyridine rings is 2. The Morgan fingerprint density at radius 3 is 2.48 bits per heavy atom. The third-order valence-corrected chi connectivity index (χ3v) is 8.85. The van der Waals surface area contributed by atoms with E-state index in [0.717, 1.165) is 12.3 Å². The molecule has 15 heteroatoms. The maximum absolute atomic E-state index is 14.0. The van der Waals surface area contributed by atoms with Crippen LogP contribution in [0.1, 0.15) is 36.2 Å². The highest BCUT2D eigenvalue weighted by Crippen LogP contribution is 2.33. The zero-order chi connectivity index (χ0) is 35.2. The lowest BCUT2D eigenvalue weighted by Crippen LogP contribution is -2.48. The summed E-state index contributed by atoms with van der Waals surface area (Å²) in [6, 6.07) is 6.02. The summed E-state index contributed by atoms with van der Waals surface area (Å²) in [6.45, 7) is 6.78. The van der Waals surface area contributed by atoms with Crippen molar-refractivity contribution >= 4 is 45.5 Å². The minimum Gasteiger partial charge on any atom is -0.345 e. The molecule has 0 unspecified atom stereocenters. The molecule has 1 aliphatic rings. The number of hydrogen-bond acceptors (Lipinski definition) is 8. The number of thioether (sulfide) groups is 1. The van der Waals surface area contributed by atoms with Gasteiger partial charge in [0, 0.05) is 80.3 Å². The molecule has 3 amide bonds. The summed E-state index contributed by atoms with van der Waals surface area (Å²) in [6.07, 6.45) is -0.820. The molecule has 2 aromatic heterocycles. The van der Waals surface area contributed by atoms with E-state index in [1.54, 1.807) is 29.3 Å². The van der Waals surface area contributed by atoms with Gasteiger partial charge >= 0.3 is 12.2 Å². The molecule has 1 saturated heterocycles. The van der Waals surface area contributed by atoms with Crippen molar-refractivity contribution in [3.05, 3.63) is 69.0 Å². The zero-order valence-corrected chi connectivity index (χ0v) is 28.5. The smallest absolute Gasteiger partial charge is 0.345 e. The molecule has 0 bridgehead atoms. The molecule has 1 aliphatic heterocycles. The summed E-state index contributed by atoms with van der Waals surface area (Å²) >= 11 is 0.577. The van der Waals surface area contributed by atoms with Gasteiger partial charge in [-0.3, -0.25) is 20.3 Å². The van der Waals surface area contributed by atoms with E-state index in [1.807, 2.05) is 37.5 Å². The first-order valence-electron chi connectivity index (χ1n) is 15.5. The fraction of sp³-hybridized carbons (Fsp3) is 0.424. The summed E-state index contributed by atoms with van der Waals surface area (Å²) in [4.78, 5) is 50.1. The van der Waals surface area contributed by atoms with Crippen molar-refractivity contribution in [2.24, 2.45) is 0 Å². The van der Waals surface area contributed by atoms with Crippen LogP contribution >= 0.6 is 11.8 Å². The second kappa shape index (κ2) is 15.8. The van der Waals surface area contributed by atoms with Gasteiger partial charge in [-0.1, -0.05) is 24.8 Å². The maximum Gasteiger partial charge on any atom is 0.412 e. The number of allylic oxidation sites excluding steroid dienone is 1. The first kappa shape index (κ1) is 36.6. The number of nitrogens with one attached hydrogen (secondary N) is 3. The summed E-state index contributed by atoms with van der Waals surface area (Å²) in [5, 5.41) is 14.9. The van der Waals surface area contributed by atoms with Crippen molar-refractivity contribution in [3.63, 3.8) is 0 Å². The molecule has 11 nitrogen and oxygen atoms in total. The topological polar surface area (TPSA) is 127 Å². The van der Waals surface area contributed by atoms with Crippen molar-refractivity contribution in [1.82, 2.24) is 29.6 Å². The van der Waals surface area contributed by atoms with Gasteiger partial charge < -0.3 is 24.6 Å². The van der Waals surface area contributed by atoms with Gasteiger partial charge in [-0.05, 0) is 63.7 Å². The number of aromatic nitrogens is 2. The Kier molecular flexibility index (Phi) is 12.0. The van der Waals surface area contributed by atoms with Crippen LogP contribution < -0.4 is 16.1 Å². The van der Waals surface area contributed by atoms with Crippen molar-refractivity contribution in [2.45, 2.75) is 33.0 Å². The zero-order valence-electron chi connectivity index (χ0n) is 27.7. The summed E-state index contributed by atoms with van der Waals surface area (Å²) in [5.74, 6) is -0.251. The highest BCUT2D eigenvalue weighted by molar-refractivity contribution is 8.16. The number of amides is 3. The van der Waals surface area contributed by atoms with E-state index in [-0.39, 0.29) is 33.3 Å². The number of benzene rings is 1. The van der Waals surface area contributed by atoms with Crippen LogP contribution in [0.25, 0.3) is 22.0 Å². The van der Waals surface area contributed by atoms with Gasteiger partial charge in [0.15, 0.2) is 0 Å². The predicted octanol–water partition coefficient (Wildman–Crippen LogP) is 5.07. The number of alkyl halides is 3. The Morgan fingerprint density at radius 2 is 1.83 bits per heavy atom. The number of rotatable bonds is 10. The van der Waals surface area contributed by atoms with Crippen LogP contribution in [0.15, 0.2) is 52.4 Å². The summed E-state index contributed by atoms with van der Waals surface area (Å²) in [5.41, 5.74) is 0.376. The molecule has 0 spiro atoms. The number of anilines is 1. The van der Waals surface area contributed by atoms with Crippen LogP contribution in [-0.4, -0.2) is 108 Å². The number of likely N-dealkylation sites (N-methyl/N-ethyl adjacent to an activating group) is 2. The third kappa shape index (κ3) is 9.02. The molecule has 1 aromatic carbocycles. The fourth-order valence-corrected chi connectivity index (χ4v) is 5.73. The van der Waals surface area contributed by atoms with Crippen LogP contribution in [0.3, 0.4) is 0 Å². The van der Waals surface area contributed by atoms with E-state index in [1.165, 1.54) is 12.3 Å². The SMILES string of the molecule is CCCNC(=O)Nc1cc(C(=N)S/C=C(\C)C(F)(F)F)c(-c2ccc3c(c2)c(=O)c(C(=O)N2CCN(C)CC2)cn3CCN(C)C)cn1. The van der Waals surface area contributed by atoms with Gasteiger partial charge in [-0.25, -0.2) is 9.78 Å². The molecular weight excluding hydrogens is 645 g/mol. The van der Waals surface area contributed by atoms with Gasteiger partial charge in [0.2, 0.25) is 5.43 Å². The molecule has 3 heterocycles. The van der Waals surface area contributed by atoms with Crippen LogP contribution in [0.2, 0.25) is 0 Å². The largest absolute Gasteiger partial charge is 0.412 e. The van der Waals surface area contributed by atoms with Gasteiger partial charge in [-0.2, -0.15) is 13.2 Å². The molecule has 0 radical (unpaired) electrons. The van der Waals surface area contributed by atoms with Gasteiger partial charge in [0.05, 0.1) is 10.6 Å². The molecule has 3 aromatic rings. The van der Waals surface area contributed by atoms with Crippen LogP contribution in [0.4, 0.5) is 23.8 Å². The van der Waals surface area contributed by atoms with Gasteiger partial charge in [0.1, 0.15) is 11.4 Å². The highest BCUT2D eigenvalue weighted by atomic mass is 32.2. The Balaban J connectivity index is 1.84. The molecule has 0 saturated carbocycles. The highest BCUT2D eigenvalue weighted by Gasteiger charge is 2.30. The maximum atomic E-state index is 14.0. The van der Waals surface area contributed by atoms with E-state index >= 15 is 0 Å². The number of fused-ring (bicyclic) bond motifs is 1. The quantitative estimate of drug-likeness (QED) is 0.201. The predicted molar refractivity (Wildman–Crippen MR) is 185 cm³/mol. The molecule has 0 atom stereocenters. The molecule has 1 fully saturated rings. The minimum atomic E-state index is -4.55. The van der Waals surface area contributed by atoms with E-state index in [0.29, 0.717) is 80.6 Å². The number of nitrogens with zero attached hydrogens (tertiary/aromatic N) is 5. The summed E-state index contributed by atoms with van der Waals surface area (Å²) in [7, 11) is 5.84. The lowest BCUT2D eigenvalue weighted by molar-refractivity contribution is -0.0910. The monoisotopic (exact) mass is 686 g/mol. The van der Waals surface area contributed by atoms with Crippen molar-refractivity contribution in [2.75, 3.05) is 65.7 Å². The van der Waals surface area contributed by atoms with Gasteiger partial charge in [0.25, 0.3) is 5.91 Å². The second-order valence-electron chi connectivity index (χ2n) is 11.9. The number of hydrogen-bond donors (Lipinski definition) is 3. The lowest BCUT2D eigenvalue weighted by atomic mass is 9.99. The number of urea groups is 1. The number of piperazine rings is 1. The summed E-state index contributed by atoms with van der Waals surface area (Å²) < 4.78 is 41.5. The molecule has 48 heavy (non-hydrogen) atoms. The van der Waals surface area contributed by atoms with E-state index in [9.17, 15) is 27.6 Å². The number of carbonyl (C=O) groups excluding carboxylic acids is 2. The molecule has 4 rings (SSSR count). The molecule has 0 aliphatic carbocycles. The number of halogens is 3. The minimum absolute atomic E-state index is 0.0509. The normalized spacial score (nSPS) is 14.4. The van der Waals surface area contributed by atoms with Crippen molar-refractivity contribution < 1.29 is 22.8 Å². The standard InChI is InChI=1S/C33H41F3N8O3S/c1-6-9-38-32(47)40-28-17-23(30(37)48-20-21(2)33(34,35)36)25(18-39-28)22-7-8-27-24(16-22)29(45)26(19-44(27)13-10-41(3)4)31(46)43-14-11-42(5)12-15-43/h7-8,16-20,37H,6,9-15H2,1-5H3,(H2,38,39,40,47)/b21-20+,37-30?. The van der Waals surface area contributed by atoms with Crippen LogP contribution in [-0.2, 0) is 6.54 Å². The lowest BCUT2D eigenvalue weighted by Gasteiger charge is -2.32. The Hall–Kier alpha value is -4.21.